The van der Waals surface area contributed by atoms with Crippen molar-refractivity contribution in [3.63, 3.8) is 0 Å². The topological polar surface area (TPSA) is 30.8 Å². The number of aryl methyl sites for hydroxylation is 1. The summed E-state index contributed by atoms with van der Waals surface area (Å²) in [4.78, 5) is 5.06. The fraction of sp³-hybridized carbons (Fsp3) is 0.207. The zero-order valence-electron chi connectivity index (χ0n) is 19.2. The summed E-state index contributed by atoms with van der Waals surface area (Å²) in [7, 11) is 1.73. The maximum atomic E-state index is 5.97. The molecule has 0 saturated carbocycles. The smallest absolute Gasteiger partial charge is 0.188 e. The van der Waals surface area contributed by atoms with Crippen LogP contribution in [0.1, 0.15) is 25.8 Å². The Hall–Kier alpha value is -3.59. The van der Waals surface area contributed by atoms with Crippen molar-refractivity contribution in [2.45, 2.75) is 27.2 Å². The van der Waals surface area contributed by atoms with Crippen molar-refractivity contribution in [2.75, 3.05) is 13.7 Å². The molecule has 0 aliphatic carbocycles. The highest BCUT2D eigenvalue weighted by Gasteiger charge is 2.19. The molecule has 3 heteroatoms. The van der Waals surface area contributed by atoms with Crippen molar-refractivity contribution in [2.24, 2.45) is 4.99 Å². The zero-order valence-corrected chi connectivity index (χ0v) is 19.2. The molecule has 4 rings (SSSR count). The molecular weight excluding hydrogens is 394 g/mol. The van der Waals surface area contributed by atoms with Crippen LogP contribution in [0.25, 0.3) is 32.7 Å². The summed E-state index contributed by atoms with van der Waals surface area (Å²) in [5.41, 5.74) is 4.17. The molecule has 0 atom stereocenters. The number of nitrogens with zero attached hydrogens (tertiary/aromatic N) is 1. The average Bonchev–Trinajstić information content (AvgIpc) is 2.83. The molecule has 0 aromatic heterocycles. The van der Waals surface area contributed by atoms with Crippen molar-refractivity contribution in [3.8, 4) is 16.9 Å². The average molecular weight is 424 g/mol. The molecular formula is C29H29NO2. The first kappa shape index (κ1) is 21.6. The minimum Gasteiger partial charge on any atom is -0.496 e. The summed E-state index contributed by atoms with van der Waals surface area (Å²) >= 11 is 0. The zero-order chi connectivity index (χ0) is 22.5. The van der Waals surface area contributed by atoms with Gasteiger partial charge in [-0.1, -0.05) is 73.7 Å². The third-order valence-corrected chi connectivity index (χ3v) is 5.69. The van der Waals surface area contributed by atoms with E-state index in [-0.39, 0.29) is 0 Å². The lowest BCUT2D eigenvalue weighted by Gasteiger charge is -2.19. The number of rotatable bonds is 6. The van der Waals surface area contributed by atoms with Crippen LogP contribution in [-0.2, 0) is 4.74 Å². The molecule has 32 heavy (non-hydrogen) atoms. The van der Waals surface area contributed by atoms with Gasteiger partial charge in [0.1, 0.15) is 12.4 Å². The van der Waals surface area contributed by atoms with Crippen LogP contribution in [0.5, 0.6) is 5.75 Å². The minimum atomic E-state index is 0.517. The van der Waals surface area contributed by atoms with E-state index in [1.807, 2.05) is 25.1 Å². The summed E-state index contributed by atoms with van der Waals surface area (Å²) in [6.07, 6.45) is 4.70. The summed E-state index contributed by atoms with van der Waals surface area (Å²) in [5, 5.41) is 4.65. The van der Waals surface area contributed by atoms with E-state index in [0.29, 0.717) is 6.61 Å². The van der Waals surface area contributed by atoms with Crippen molar-refractivity contribution in [3.05, 3.63) is 84.4 Å². The van der Waals surface area contributed by atoms with Crippen LogP contribution in [0.15, 0.2) is 83.9 Å². The molecule has 0 bridgehead atoms. The lowest BCUT2D eigenvalue weighted by atomic mass is 9.90. The van der Waals surface area contributed by atoms with E-state index < -0.39 is 0 Å². The van der Waals surface area contributed by atoms with Crippen LogP contribution >= 0.6 is 0 Å². The summed E-state index contributed by atoms with van der Waals surface area (Å²) in [5.74, 6) is 1.56. The van der Waals surface area contributed by atoms with Crippen LogP contribution in [0.2, 0.25) is 0 Å². The molecule has 162 valence electrons. The highest BCUT2D eigenvalue weighted by atomic mass is 16.5. The van der Waals surface area contributed by atoms with E-state index >= 15 is 0 Å². The van der Waals surface area contributed by atoms with Gasteiger partial charge >= 0.3 is 0 Å². The monoisotopic (exact) mass is 423 g/mol. The van der Waals surface area contributed by atoms with Gasteiger partial charge in [-0.3, -0.25) is 0 Å². The fourth-order valence-corrected chi connectivity index (χ4v) is 4.13. The van der Waals surface area contributed by atoms with Crippen molar-refractivity contribution in [1.29, 1.82) is 0 Å². The van der Waals surface area contributed by atoms with Crippen LogP contribution in [0, 0.1) is 6.92 Å². The molecule has 4 aromatic rings. The number of allylic oxidation sites excluding steroid dienone is 1. The second-order valence-electron chi connectivity index (χ2n) is 7.74. The Morgan fingerprint density at radius 1 is 0.906 bits per heavy atom. The summed E-state index contributed by atoms with van der Waals surface area (Å²) in [6, 6.07) is 23.3. The number of ether oxygens (including phenoxy) is 2. The molecule has 0 aliphatic rings. The summed E-state index contributed by atoms with van der Waals surface area (Å²) < 4.78 is 11.8. The third kappa shape index (κ3) is 4.11. The molecule has 0 amide bonds. The van der Waals surface area contributed by atoms with E-state index in [1.54, 1.807) is 7.11 Å². The first-order valence-corrected chi connectivity index (χ1v) is 11.1. The van der Waals surface area contributed by atoms with Gasteiger partial charge in [0.25, 0.3) is 0 Å². The van der Waals surface area contributed by atoms with Gasteiger partial charge in [-0.25, -0.2) is 4.99 Å². The highest BCUT2D eigenvalue weighted by molar-refractivity contribution is 6.12. The highest BCUT2D eigenvalue weighted by Crippen LogP contribution is 2.46. The Morgan fingerprint density at radius 2 is 1.59 bits per heavy atom. The Balaban J connectivity index is 2.09. The largest absolute Gasteiger partial charge is 0.496 e. The SMILES string of the molecule is C/C=C/COC(CC)=Nc1c(C)cc2ccccc2c1-c1c(OC)ccc2ccccc12. The van der Waals surface area contributed by atoms with E-state index in [9.17, 15) is 0 Å². The molecule has 0 aliphatic heterocycles. The maximum absolute atomic E-state index is 5.97. The Morgan fingerprint density at radius 3 is 2.28 bits per heavy atom. The Labute approximate surface area is 190 Å². The number of hydrogen-bond donors (Lipinski definition) is 0. The summed E-state index contributed by atoms with van der Waals surface area (Å²) in [6.45, 7) is 6.70. The lowest BCUT2D eigenvalue weighted by molar-refractivity contribution is 0.341. The van der Waals surface area contributed by atoms with Crippen LogP contribution in [0.3, 0.4) is 0 Å². The van der Waals surface area contributed by atoms with Gasteiger partial charge < -0.3 is 9.47 Å². The second kappa shape index (κ2) is 9.69. The second-order valence-corrected chi connectivity index (χ2v) is 7.74. The molecule has 0 fully saturated rings. The van der Waals surface area contributed by atoms with Crippen molar-refractivity contribution < 1.29 is 9.47 Å². The molecule has 0 N–H and O–H groups in total. The normalized spacial score (nSPS) is 12.1. The van der Waals surface area contributed by atoms with Crippen molar-refractivity contribution >= 4 is 33.1 Å². The molecule has 0 radical (unpaired) electrons. The fourth-order valence-electron chi connectivity index (χ4n) is 4.13. The van der Waals surface area contributed by atoms with Gasteiger partial charge in [-0.15, -0.1) is 0 Å². The number of aliphatic imine (C=N–C) groups is 1. The molecule has 0 spiro atoms. The molecule has 0 unspecified atom stereocenters. The third-order valence-electron chi connectivity index (χ3n) is 5.69. The van der Waals surface area contributed by atoms with Gasteiger partial charge in [0.05, 0.1) is 12.8 Å². The first-order chi connectivity index (χ1) is 15.7. The number of methoxy groups -OCH3 is 1. The molecule has 4 aromatic carbocycles. The van der Waals surface area contributed by atoms with E-state index in [4.69, 9.17) is 14.5 Å². The van der Waals surface area contributed by atoms with Gasteiger partial charge in [0.15, 0.2) is 5.90 Å². The van der Waals surface area contributed by atoms with Crippen molar-refractivity contribution in [1.82, 2.24) is 0 Å². The molecule has 0 heterocycles. The quantitative estimate of drug-likeness (QED) is 0.179. The van der Waals surface area contributed by atoms with Gasteiger partial charge in [-0.05, 0) is 53.1 Å². The maximum Gasteiger partial charge on any atom is 0.188 e. The predicted octanol–water partition coefficient (Wildman–Crippen LogP) is 8.01. The predicted molar refractivity (Wildman–Crippen MR) is 136 cm³/mol. The van der Waals surface area contributed by atoms with E-state index in [1.165, 1.54) is 10.8 Å². The molecule has 3 nitrogen and oxygen atoms in total. The van der Waals surface area contributed by atoms with Crippen LogP contribution in [0.4, 0.5) is 5.69 Å². The van der Waals surface area contributed by atoms with Gasteiger partial charge in [0, 0.05) is 17.5 Å². The number of benzene rings is 4. The number of hydrogen-bond acceptors (Lipinski definition) is 3. The minimum absolute atomic E-state index is 0.517. The van der Waals surface area contributed by atoms with Crippen LogP contribution < -0.4 is 4.74 Å². The van der Waals surface area contributed by atoms with Gasteiger partial charge in [-0.2, -0.15) is 0 Å². The van der Waals surface area contributed by atoms with Gasteiger partial charge in [0.2, 0.25) is 0 Å². The Bertz CT molecular complexity index is 1320. The standard InChI is InChI=1S/C29H29NO2/c1-5-7-18-32-26(6-2)30-29-20(3)19-22-13-9-11-15-24(22)28(29)27-23-14-10-8-12-21(23)16-17-25(27)31-4/h5,7-17,19H,6,18H2,1-4H3/b7-5+,30-26?. The van der Waals surface area contributed by atoms with E-state index in [0.717, 1.165) is 51.2 Å². The Kier molecular flexibility index (Phi) is 6.55. The number of fused-ring (bicyclic) bond motifs is 2. The van der Waals surface area contributed by atoms with E-state index in [2.05, 4.69) is 74.5 Å². The molecule has 0 saturated heterocycles. The first-order valence-electron chi connectivity index (χ1n) is 11.1. The van der Waals surface area contributed by atoms with Crippen LogP contribution in [-0.4, -0.2) is 19.6 Å². The lowest BCUT2D eigenvalue weighted by Crippen LogP contribution is -2.03.